The molecule has 0 spiro atoms. The third-order valence-electron chi connectivity index (χ3n) is 4.31. The van der Waals surface area contributed by atoms with Crippen molar-refractivity contribution in [3.63, 3.8) is 0 Å². The summed E-state index contributed by atoms with van der Waals surface area (Å²) in [4.78, 5) is 26.1. The smallest absolute Gasteiger partial charge is 0.245 e. The van der Waals surface area contributed by atoms with Crippen molar-refractivity contribution in [2.45, 2.75) is 13.0 Å². The van der Waals surface area contributed by atoms with Crippen molar-refractivity contribution in [1.29, 1.82) is 0 Å². The van der Waals surface area contributed by atoms with Crippen LogP contribution in [0.4, 0.5) is 0 Å². The number of likely N-dealkylation sites (tertiary alicyclic amines) is 1. The topological polar surface area (TPSA) is 71.0 Å². The molecule has 2 amide bonds. The van der Waals surface area contributed by atoms with Crippen molar-refractivity contribution in [1.82, 2.24) is 10.3 Å². The Bertz CT molecular complexity index is 788. The molecule has 1 unspecified atom stereocenters. The minimum Gasteiger partial charge on any atom is -0.497 e. The van der Waals surface area contributed by atoms with Gasteiger partial charge in [0.05, 0.1) is 19.2 Å². The van der Waals surface area contributed by atoms with Crippen LogP contribution >= 0.6 is 0 Å². The lowest BCUT2D eigenvalue weighted by molar-refractivity contribution is -0.129. The summed E-state index contributed by atoms with van der Waals surface area (Å²) in [6, 6.07) is 17.1. The summed E-state index contributed by atoms with van der Waals surface area (Å²) >= 11 is 0. The Morgan fingerprint density at radius 3 is 2.65 bits per heavy atom. The van der Waals surface area contributed by atoms with Gasteiger partial charge in [0.2, 0.25) is 11.8 Å². The van der Waals surface area contributed by atoms with Crippen LogP contribution in [0.5, 0.6) is 5.75 Å². The summed E-state index contributed by atoms with van der Waals surface area (Å²) < 4.78 is 5.09. The van der Waals surface area contributed by atoms with Crippen molar-refractivity contribution in [2.75, 3.05) is 13.7 Å². The molecular formula is C20H21N3O3. The van der Waals surface area contributed by atoms with Gasteiger partial charge in [-0.25, -0.2) is 5.43 Å². The van der Waals surface area contributed by atoms with Crippen molar-refractivity contribution in [3.05, 3.63) is 65.7 Å². The molecule has 6 heteroatoms. The van der Waals surface area contributed by atoms with Crippen molar-refractivity contribution < 1.29 is 14.3 Å². The van der Waals surface area contributed by atoms with Gasteiger partial charge in [0, 0.05) is 19.5 Å². The highest BCUT2D eigenvalue weighted by Gasteiger charge is 2.34. The van der Waals surface area contributed by atoms with Gasteiger partial charge in [-0.05, 0) is 35.4 Å². The Balaban J connectivity index is 1.51. The number of nitrogens with zero attached hydrogens (tertiary/aromatic N) is 2. The van der Waals surface area contributed by atoms with E-state index >= 15 is 0 Å². The van der Waals surface area contributed by atoms with E-state index in [9.17, 15) is 9.59 Å². The fourth-order valence-electron chi connectivity index (χ4n) is 2.86. The minimum atomic E-state index is -0.376. The molecule has 0 saturated carbocycles. The number of nitrogens with one attached hydrogen (secondary N) is 1. The molecule has 0 aliphatic carbocycles. The number of hydrogen-bond donors (Lipinski definition) is 1. The average molecular weight is 351 g/mol. The zero-order valence-electron chi connectivity index (χ0n) is 14.6. The molecule has 6 nitrogen and oxygen atoms in total. The van der Waals surface area contributed by atoms with Crippen LogP contribution in [0.25, 0.3) is 0 Å². The zero-order valence-corrected chi connectivity index (χ0v) is 14.6. The van der Waals surface area contributed by atoms with E-state index in [0.29, 0.717) is 13.1 Å². The molecule has 134 valence electrons. The number of methoxy groups -OCH3 is 1. The highest BCUT2D eigenvalue weighted by Crippen LogP contribution is 2.20. The van der Waals surface area contributed by atoms with Crippen LogP contribution in [0.1, 0.15) is 17.5 Å². The molecule has 0 bridgehead atoms. The largest absolute Gasteiger partial charge is 0.497 e. The molecule has 0 aromatic heterocycles. The second-order valence-corrected chi connectivity index (χ2v) is 6.17. The van der Waals surface area contributed by atoms with Crippen LogP contribution in [0.3, 0.4) is 0 Å². The molecule has 1 aliphatic rings. The number of hydrazone groups is 1. The molecule has 1 N–H and O–H groups in total. The number of rotatable bonds is 6. The number of carbonyl (C=O) groups is 2. The Morgan fingerprint density at radius 1 is 1.23 bits per heavy atom. The molecule has 1 atom stereocenters. The molecule has 2 aromatic carbocycles. The minimum absolute atomic E-state index is 0.00635. The molecule has 1 saturated heterocycles. The predicted octanol–water partition coefficient (Wildman–Crippen LogP) is 2.19. The first kappa shape index (κ1) is 17.7. The van der Waals surface area contributed by atoms with Gasteiger partial charge in [-0.2, -0.15) is 5.10 Å². The second kappa shape index (κ2) is 8.29. The summed E-state index contributed by atoms with van der Waals surface area (Å²) in [5, 5.41) is 3.98. The third-order valence-corrected chi connectivity index (χ3v) is 4.31. The van der Waals surface area contributed by atoms with E-state index in [1.165, 1.54) is 0 Å². The molecule has 1 fully saturated rings. The van der Waals surface area contributed by atoms with E-state index in [0.717, 1.165) is 16.9 Å². The van der Waals surface area contributed by atoms with E-state index in [2.05, 4.69) is 10.5 Å². The quantitative estimate of drug-likeness (QED) is 0.641. The van der Waals surface area contributed by atoms with Crippen LogP contribution in [-0.2, 0) is 16.1 Å². The molecule has 1 aliphatic heterocycles. The molecule has 2 aromatic rings. The first-order chi connectivity index (χ1) is 12.7. The maximum Gasteiger partial charge on any atom is 0.245 e. The highest BCUT2D eigenvalue weighted by atomic mass is 16.5. The normalized spacial score (nSPS) is 16.9. The highest BCUT2D eigenvalue weighted by molar-refractivity contribution is 5.90. The van der Waals surface area contributed by atoms with Crippen molar-refractivity contribution in [3.8, 4) is 5.75 Å². The van der Waals surface area contributed by atoms with Crippen LogP contribution in [0.2, 0.25) is 0 Å². The zero-order chi connectivity index (χ0) is 18.4. The number of benzene rings is 2. The fraction of sp³-hybridized carbons (Fsp3) is 0.250. The predicted molar refractivity (Wildman–Crippen MR) is 98.7 cm³/mol. The maximum atomic E-state index is 12.3. The second-order valence-electron chi connectivity index (χ2n) is 6.17. The maximum absolute atomic E-state index is 12.3. The number of ether oxygens (including phenoxy) is 1. The lowest BCUT2D eigenvalue weighted by atomic mass is 10.1. The van der Waals surface area contributed by atoms with Crippen LogP contribution in [0.15, 0.2) is 59.7 Å². The van der Waals surface area contributed by atoms with E-state index in [1.54, 1.807) is 18.2 Å². The first-order valence-corrected chi connectivity index (χ1v) is 8.44. The van der Waals surface area contributed by atoms with Crippen molar-refractivity contribution >= 4 is 18.0 Å². The lowest BCUT2D eigenvalue weighted by Gasteiger charge is -2.16. The monoisotopic (exact) mass is 351 g/mol. The SMILES string of the molecule is COc1ccc(/C=N/NC(=O)C2CC(=O)N(Cc3ccccc3)C2)cc1. The van der Waals surface area contributed by atoms with E-state index in [4.69, 9.17) is 4.74 Å². The molecular weight excluding hydrogens is 330 g/mol. The van der Waals surface area contributed by atoms with Crippen molar-refractivity contribution in [2.24, 2.45) is 11.0 Å². The summed E-state index contributed by atoms with van der Waals surface area (Å²) in [5.41, 5.74) is 4.43. The van der Waals surface area contributed by atoms with Gasteiger partial charge in [-0.15, -0.1) is 0 Å². The van der Waals surface area contributed by atoms with Crippen LogP contribution < -0.4 is 10.2 Å². The molecule has 26 heavy (non-hydrogen) atoms. The number of amides is 2. The van der Waals surface area contributed by atoms with E-state index in [1.807, 2.05) is 54.6 Å². The van der Waals surface area contributed by atoms with Crippen LogP contribution in [0, 0.1) is 5.92 Å². The van der Waals surface area contributed by atoms with Gasteiger partial charge in [0.1, 0.15) is 5.75 Å². The van der Waals surface area contributed by atoms with E-state index < -0.39 is 0 Å². The third kappa shape index (κ3) is 4.47. The van der Waals surface area contributed by atoms with Gasteiger partial charge in [-0.3, -0.25) is 9.59 Å². The Kier molecular flexibility index (Phi) is 5.63. The summed E-state index contributed by atoms with van der Waals surface area (Å²) in [6.07, 6.45) is 1.78. The van der Waals surface area contributed by atoms with Gasteiger partial charge in [0.15, 0.2) is 0 Å². The summed E-state index contributed by atoms with van der Waals surface area (Å²) in [7, 11) is 1.60. The fourth-order valence-corrected chi connectivity index (χ4v) is 2.86. The first-order valence-electron chi connectivity index (χ1n) is 8.44. The number of hydrogen-bond acceptors (Lipinski definition) is 4. The lowest BCUT2D eigenvalue weighted by Crippen LogP contribution is -2.30. The number of carbonyl (C=O) groups excluding carboxylic acids is 2. The molecule has 1 heterocycles. The Morgan fingerprint density at radius 2 is 1.96 bits per heavy atom. The Labute approximate surface area is 152 Å². The van der Waals surface area contributed by atoms with Gasteiger partial charge < -0.3 is 9.64 Å². The van der Waals surface area contributed by atoms with Gasteiger partial charge >= 0.3 is 0 Å². The summed E-state index contributed by atoms with van der Waals surface area (Å²) in [6.45, 7) is 0.941. The standard InChI is InChI=1S/C20H21N3O3/c1-26-18-9-7-15(8-10-18)12-21-22-20(25)17-11-19(24)23(14-17)13-16-5-3-2-4-6-16/h2-10,12,17H,11,13-14H2,1H3,(H,22,25)/b21-12+. The molecule has 0 radical (unpaired) electrons. The van der Waals surface area contributed by atoms with Crippen LogP contribution in [-0.4, -0.2) is 36.6 Å². The Hall–Kier alpha value is -3.15. The average Bonchev–Trinajstić information content (AvgIpc) is 3.04. The van der Waals surface area contributed by atoms with Gasteiger partial charge in [-0.1, -0.05) is 30.3 Å². The van der Waals surface area contributed by atoms with E-state index in [-0.39, 0.29) is 24.2 Å². The summed E-state index contributed by atoms with van der Waals surface area (Å²) in [5.74, 6) is 0.139. The molecule has 3 rings (SSSR count). The van der Waals surface area contributed by atoms with Gasteiger partial charge in [0.25, 0.3) is 0 Å².